The van der Waals surface area contributed by atoms with Crippen LogP contribution in [0.15, 0.2) is 12.5 Å². The minimum Gasteiger partial charge on any atom is -0.331 e. The highest BCUT2D eigenvalue weighted by Crippen LogP contribution is 2.27. The van der Waals surface area contributed by atoms with Crippen LogP contribution in [0.5, 0.6) is 0 Å². The van der Waals surface area contributed by atoms with Crippen LogP contribution in [0.2, 0.25) is 0 Å². The Balaban J connectivity index is 2.13. The van der Waals surface area contributed by atoms with Crippen LogP contribution in [0.25, 0.3) is 0 Å². The summed E-state index contributed by atoms with van der Waals surface area (Å²) in [5.74, 6) is 2.61. The maximum absolute atomic E-state index is 4.22. The molecule has 1 unspecified atom stereocenters. The van der Waals surface area contributed by atoms with Gasteiger partial charge in [0, 0.05) is 23.7 Å². The Morgan fingerprint density at radius 3 is 3.31 bits per heavy atom. The second kappa shape index (κ2) is 4.18. The van der Waals surface area contributed by atoms with Crippen molar-refractivity contribution >= 4 is 11.8 Å². The van der Waals surface area contributed by atoms with Gasteiger partial charge in [0.25, 0.3) is 0 Å². The zero-order valence-corrected chi connectivity index (χ0v) is 8.89. The molecule has 0 spiro atoms. The molecule has 1 atom stereocenters. The first-order valence-electron chi connectivity index (χ1n) is 5.00. The lowest BCUT2D eigenvalue weighted by Gasteiger charge is -2.24. The van der Waals surface area contributed by atoms with Crippen molar-refractivity contribution in [1.82, 2.24) is 9.55 Å². The van der Waals surface area contributed by atoms with E-state index in [-0.39, 0.29) is 0 Å². The molecule has 0 radical (unpaired) electrons. The molecule has 1 aromatic rings. The smallest absolute Gasteiger partial charge is 0.0951 e. The Labute approximate surface area is 83.7 Å². The fourth-order valence-electron chi connectivity index (χ4n) is 1.88. The summed E-state index contributed by atoms with van der Waals surface area (Å²) in [7, 11) is 0. The number of hydrogen-bond acceptors (Lipinski definition) is 2. The third-order valence-corrected chi connectivity index (χ3v) is 3.84. The van der Waals surface area contributed by atoms with Gasteiger partial charge in [0.2, 0.25) is 0 Å². The van der Waals surface area contributed by atoms with Crippen LogP contribution in [-0.2, 0) is 6.42 Å². The molecule has 1 aromatic heterocycles. The summed E-state index contributed by atoms with van der Waals surface area (Å²) < 4.78 is 2.37. The highest BCUT2D eigenvalue weighted by atomic mass is 32.2. The molecule has 0 saturated carbocycles. The molecule has 1 saturated heterocycles. The van der Waals surface area contributed by atoms with E-state index in [4.69, 9.17) is 0 Å². The fourth-order valence-corrected chi connectivity index (χ4v) is 3.01. The standard InChI is InChI=1S/C10H16N2S/c1-2-9-6-11-8-12(9)10-4-3-5-13-7-10/h6,8,10H,2-5,7H2,1H3. The van der Waals surface area contributed by atoms with Gasteiger partial charge in [-0.05, 0) is 25.0 Å². The van der Waals surface area contributed by atoms with E-state index in [1.54, 1.807) is 0 Å². The van der Waals surface area contributed by atoms with Gasteiger partial charge < -0.3 is 4.57 Å². The molecule has 72 valence electrons. The molecule has 2 nitrogen and oxygen atoms in total. The lowest BCUT2D eigenvalue weighted by atomic mass is 10.1. The number of aromatic nitrogens is 2. The first-order valence-corrected chi connectivity index (χ1v) is 6.15. The predicted octanol–water partition coefficient (Wildman–Crippen LogP) is 2.51. The Morgan fingerprint density at radius 1 is 1.69 bits per heavy atom. The average molecular weight is 196 g/mol. The van der Waals surface area contributed by atoms with Crippen LogP contribution in [0, 0.1) is 0 Å². The molecule has 0 aromatic carbocycles. The van der Waals surface area contributed by atoms with Gasteiger partial charge in [-0.3, -0.25) is 0 Å². The van der Waals surface area contributed by atoms with Crippen molar-refractivity contribution in [2.24, 2.45) is 0 Å². The first-order chi connectivity index (χ1) is 6.42. The molecule has 0 aliphatic carbocycles. The van der Waals surface area contributed by atoms with Crippen LogP contribution in [-0.4, -0.2) is 21.1 Å². The summed E-state index contributed by atoms with van der Waals surface area (Å²) in [6.07, 6.45) is 7.78. The zero-order valence-electron chi connectivity index (χ0n) is 8.07. The van der Waals surface area contributed by atoms with Gasteiger partial charge in [-0.2, -0.15) is 11.8 Å². The summed E-state index contributed by atoms with van der Waals surface area (Å²) in [5, 5.41) is 0. The van der Waals surface area contributed by atoms with Crippen LogP contribution in [0.3, 0.4) is 0 Å². The molecule has 1 aliphatic rings. The monoisotopic (exact) mass is 196 g/mol. The molecule has 2 heterocycles. The van der Waals surface area contributed by atoms with E-state index < -0.39 is 0 Å². The Hall–Kier alpha value is -0.440. The van der Waals surface area contributed by atoms with Gasteiger partial charge in [0.15, 0.2) is 0 Å². The number of aryl methyl sites for hydroxylation is 1. The molecule has 0 bridgehead atoms. The minimum absolute atomic E-state index is 0.705. The van der Waals surface area contributed by atoms with Crippen LogP contribution >= 0.6 is 11.8 Å². The molecular formula is C10H16N2S. The van der Waals surface area contributed by atoms with E-state index in [0.29, 0.717) is 6.04 Å². The van der Waals surface area contributed by atoms with E-state index >= 15 is 0 Å². The zero-order chi connectivity index (χ0) is 9.10. The summed E-state index contributed by atoms with van der Waals surface area (Å²) in [6, 6.07) is 0.705. The summed E-state index contributed by atoms with van der Waals surface area (Å²) >= 11 is 2.07. The predicted molar refractivity (Wildman–Crippen MR) is 57.2 cm³/mol. The van der Waals surface area contributed by atoms with E-state index in [1.807, 2.05) is 12.5 Å². The Bertz CT molecular complexity index is 264. The highest BCUT2D eigenvalue weighted by molar-refractivity contribution is 7.99. The first kappa shape index (κ1) is 9.13. The van der Waals surface area contributed by atoms with Crippen LogP contribution < -0.4 is 0 Å². The van der Waals surface area contributed by atoms with E-state index in [1.165, 1.54) is 30.0 Å². The Morgan fingerprint density at radius 2 is 2.62 bits per heavy atom. The van der Waals surface area contributed by atoms with Crippen molar-refractivity contribution in [3.8, 4) is 0 Å². The second-order valence-electron chi connectivity index (χ2n) is 3.52. The SMILES string of the molecule is CCc1cncn1C1CCCSC1. The van der Waals surface area contributed by atoms with Crippen LogP contribution in [0.1, 0.15) is 31.5 Å². The van der Waals surface area contributed by atoms with Crippen molar-refractivity contribution < 1.29 is 0 Å². The van der Waals surface area contributed by atoms with Crippen molar-refractivity contribution in [3.05, 3.63) is 18.2 Å². The number of hydrogen-bond donors (Lipinski definition) is 0. The lowest BCUT2D eigenvalue weighted by molar-refractivity contribution is 0.486. The van der Waals surface area contributed by atoms with E-state index in [9.17, 15) is 0 Å². The van der Waals surface area contributed by atoms with Crippen LogP contribution in [0.4, 0.5) is 0 Å². The number of nitrogens with zero attached hydrogens (tertiary/aromatic N) is 2. The summed E-state index contributed by atoms with van der Waals surface area (Å²) in [5.41, 5.74) is 1.38. The number of imidazole rings is 1. The molecule has 13 heavy (non-hydrogen) atoms. The minimum atomic E-state index is 0.705. The third kappa shape index (κ3) is 1.90. The molecule has 3 heteroatoms. The third-order valence-electron chi connectivity index (χ3n) is 2.64. The summed E-state index contributed by atoms with van der Waals surface area (Å²) in [4.78, 5) is 4.22. The number of thioether (sulfide) groups is 1. The van der Waals surface area contributed by atoms with Gasteiger partial charge in [-0.1, -0.05) is 6.92 Å². The van der Waals surface area contributed by atoms with Gasteiger partial charge in [0.05, 0.1) is 6.33 Å². The molecule has 0 amide bonds. The maximum Gasteiger partial charge on any atom is 0.0951 e. The normalized spacial score (nSPS) is 23.3. The van der Waals surface area contributed by atoms with Gasteiger partial charge in [-0.25, -0.2) is 4.98 Å². The topological polar surface area (TPSA) is 17.8 Å². The molecule has 1 fully saturated rings. The van der Waals surface area contributed by atoms with E-state index in [0.717, 1.165) is 6.42 Å². The second-order valence-corrected chi connectivity index (χ2v) is 4.67. The van der Waals surface area contributed by atoms with Crippen molar-refractivity contribution in [1.29, 1.82) is 0 Å². The van der Waals surface area contributed by atoms with Gasteiger partial charge >= 0.3 is 0 Å². The van der Waals surface area contributed by atoms with E-state index in [2.05, 4.69) is 28.2 Å². The van der Waals surface area contributed by atoms with Gasteiger partial charge in [0.1, 0.15) is 0 Å². The summed E-state index contributed by atoms with van der Waals surface area (Å²) in [6.45, 7) is 2.20. The average Bonchev–Trinajstić information content (AvgIpc) is 2.67. The lowest BCUT2D eigenvalue weighted by Crippen LogP contribution is -2.17. The molecule has 1 aliphatic heterocycles. The fraction of sp³-hybridized carbons (Fsp3) is 0.700. The van der Waals surface area contributed by atoms with Gasteiger partial charge in [-0.15, -0.1) is 0 Å². The van der Waals surface area contributed by atoms with Crippen molar-refractivity contribution in [3.63, 3.8) is 0 Å². The highest BCUT2D eigenvalue weighted by Gasteiger charge is 2.16. The Kier molecular flexibility index (Phi) is 2.94. The van der Waals surface area contributed by atoms with Crippen molar-refractivity contribution in [2.75, 3.05) is 11.5 Å². The van der Waals surface area contributed by atoms with Crippen molar-refractivity contribution in [2.45, 2.75) is 32.2 Å². The molecule has 2 rings (SSSR count). The number of rotatable bonds is 2. The largest absolute Gasteiger partial charge is 0.331 e. The molecular weight excluding hydrogens is 180 g/mol. The molecule has 0 N–H and O–H groups in total. The quantitative estimate of drug-likeness (QED) is 0.723. The maximum atomic E-state index is 4.22.